The van der Waals surface area contributed by atoms with Crippen molar-refractivity contribution < 1.29 is 18.0 Å². The molecule has 106 valence electrons. The van der Waals surface area contributed by atoms with E-state index in [1.807, 2.05) is 0 Å². The average molecular weight is 274 g/mol. The smallest absolute Gasteiger partial charge is 0.383 e. The van der Waals surface area contributed by atoms with Crippen LogP contribution >= 0.6 is 0 Å². The van der Waals surface area contributed by atoms with Crippen molar-refractivity contribution in [1.29, 1.82) is 0 Å². The van der Waals surface area contributed by atoms with Crippen LogP contribution in [0.5, 0.6) is 0 Å². The molecule has 0 fully saturated rings. The molecule has 6 heteroatoms. The van der Waals surface area contributed by atoms with Crippen LogP contribution < -0.4 is 10.6 Å². The highest BCUT2D eigenvalue weighted by Gasteiger charge is 2.34. The van der Waals surface area contributed by atoms with Crippen molar-refractivity contribution in [3.63, 3.8) is 0 Å². The lowest BCUT2D eigenvalue weighted by Crippen LogP contribution is -2.39. The molecule has 0 bridgehead atoms. The molecular weight excluding hydrogens is 257 g/mol. The number of amides is 1. The Morgan fingerprint density at radius 2 is 1.79 bits per heavy atom. The summed E-state index contributed by atoms with van der Waals surface area (Å²) in [7, 11) is 1.49. The van der Waals surface area contributed by atoms with Crippen LogP contribution in [0.1, 0.15) is 19.4 Å². The van der Waals surface area contributed by atoms with Gasteiger partial charge >= 0.3 is 6.18 Å². The van der Waals surface area contributed by atoms with Gasteiger partial charge in [-0.05, 0) is 26.0 Å². The quantitative estimate of drug-likeness (QED) is 0.886. The summed E-state index contributed by atoms with van der Waals surface area (Å²) in [4.78, 5) is 11.6. The Kier molecular flexibility index (Phi) is 4.44. The first-order valence-electron chi connectivity index (χ1n) is 5.81. The van der Waals surface area contributed by atoms with Crippen LogP contribution in [0.15, 0.2) is 24.3 Å². The van der Waals surface area contributed by atoms with E-state index in [2.05, 4.69) is 10.6 Å². The number of carbonyl (C=O) groups excluding carboxylic acids is 1. The number of halogens is 3. The molecule has 1 rings (SSSR count). The van der Waals surface area contributed by atoms with Gasteiger partial charge in [0.05, 0.1) is 11.0 Å². The van der Waals surface area contributed by atoms with Gasteiger partial charge in [0.2, 0.25) is 5.91 Å². The first-order chi connectivity index (χ1) is 8.68. The Morgan fingerprint density at radius 3 is 2.32 bits per heavy atom. The standard InChI is InChI=1S/C13H17F3N2O/c1-12(2,11(19)17-3)8-18-10-7-5-4-6-9(10)13(14,15)16/h4-7,18H,8H2,1-3H3,(H,17,19). The number of nitrogens with one attached hydrogen (secondary N) is 2. The van der Waals surface area contributed by atoms with E-state index in [0.29, 0.717) is 0 Å². The maximum absolute atomic E-state index is 12.8. The van der Waals surface area contributed by atoms with Crippen molar-refractivity contribution >= 4 is 11.6 Å². The van der Waals surface area contributed by atoms with E-state index < -0.39 is 17.2 Å². The molecule has 1 amide bonds. The molecule has 0 aromatic heterocycles. The highest BCUT2D eigenvalue weighted by atomic mass is 19.4. The first kappa shape index (κ1) is 15.3. The van der Waals surface area contributed by atoms with Gasteiger partial charge in [-0.3, -0.25) is 4.79 Å². The van der Waals surface area contributed by atoms with Crippen molar-refractivity contribution in [2.45, 2.75) is 20.0 Å². The SMILES string of the molecule is CNC(=O)C(C)(C)CNc1ccccc1C(F)(F)F. The minimum Gasteiger partial charge on any atom is -0.383 e. The van der Waals surface area contributed by atoms with Crippen LogP contribution in [0.3, 0.4) is 0 Å². The third-order valence-electron chi connectivity index (χ3n) is 2.79. The topological polar surface area (TPSA) is 41.1 Å². The molecule has 0 radical (unpaired) electrons. The van der Waals surface area contributed by atoms with Gasteiger partial charge < -0.3 is 10.6 Å². The summed E-state index contributed by atoms with van der Waals surface area (Å²) >= 11 is 0. The Balaban J connectivity index is 2.87. The van der Waals surface area contributed by atoms with Gasteiger partial charge in [-0.2, -0.15) is 13.2 Å². The fraction of sp³-hybridized carbons (Fsp3) is 0.462. The van der Waals surface area contributed by atoms with Crippen molar-refractivity contribution in [1.82, 2.24) is 5.32 Å². The van der Waals surface area contributed by atoms with Crippen molar-refractivity contribution in [2.75, 3.05) is 18.9 Å². The predicted octanol–water partition coefficient (Wildman–Crippen LogP) is 2.89. The molecule has 0 saturated carbocycles. The Morgan fingerprint density at radius 1 is 1.21 bits per heavy atom. The number of rotatable bonds is 4. The maximum atomic E-state index is 12.8. The summed E-state index contributed by atoms with van der Waals surface area (Å²) in [5.74, 6) is -0.232. The van der Waals surface area contributed by atoms with E-state index in [4.69, 9.17) is 0 Å². The normalized spacial score (nSPS) is 12.1. The van der Waals surface area contributed by atoms with Gasteiger partial charge in [0.1, 0.15) is 0 Å². The second-order valence-corrected chi connectivity index (χ2v) is 4.86. The van der Waals surface area contributed by atoms with Gasteiger partial charge in [0.25, 0.3) is 0 Å². The van der Waals surface area contributed by atoms with E-state index in [0.717, 1.165) is 6.07 Å². The Hall–Kier alpha value is -1.72. The molecule has 0 spiro atoms. The minimum absolute atomic E-state index is 0.0213. The second-order valence-electron chi connectivity index (χ2n) is 4.86. The zero-order valence-corrected chi connectivity index (χ0v) is 11.1. The number of alkyl halides is 3. The number of anilines is 1. The number of carbonyl (C=O) groups is 1. The molecule has 2 N–H and O–H groups in total. The lowest BCUT2D eigenvalue weighted by Gasteiger charge is -2.24. The predicted molar refractivity (Wildman–Crippen MR) is 67.8 cm³/mol. The molecule has 1 aromatic rings. The van der Waals surface area contributed by atoms with E-state index in [-0.39, 0.29) is 18.1 Å². The molecule has 0 saturated heterocycles. The summed E-state index contributed by atoms with van der Waals surface area (Å²) in [5, 5.41) is 5.18. The van der Waals surface area contributed by atoms with E-state index in [1.54, 1.807) is 13.8 Å². The lowest BCUT2D eigenvalue weighted by atomic mass is 9.92. The summed E-state index contributed by atoms with van der Waals surface area (Å²) in [6.45, 7) is 3.43. The summed E-state index contributed by atoms with van der Waals surface area (Å²) in [6.07, 6.45) is -4.42. The molecular formula is C13H17F3N2O. The maximum Gasteiger partial charge on any atom is 0.418 e. The van der Waals surface area contributed by atoms with Crippen molar-refractivity contribution in [3.8, 4) is 0 Å². The molecule has 3 nitrogen and oxygen atoms in total. The molecule has 1 aromatic carbocycles. The van der Waals surface area contributed by atoms with E-state index >= 15 is 0 Å². The highest BCUT2D eigenvalue weighted by molar-refractivity contribution is 5.82. The van der Waals surface area contributed by atoms with Gasteiger partial charge in [0.15, 0.2) is 0 Å². The van der Waals surface area contributed by atoms with E-state index in [9.17, 15) is 18.0 Å². The summed E-state index contributed by atoms with van der Waals surface area (Å²) in [5.41, 5.74) is -1.55. The largest absolute Gasteiger partial charge is 0.418 e. The highest BCUT2D eigenvalue weighted by Crippen LogP contribution is 2.34. The van der Waals surface area contributed by atoms with Crippen LogP contribution in [0.25, 0.3) is 0 Å². The summed E-state index contributed by atoms with van der Waals surface area (Å²) in [6, 6.07) is 5.21. The van der Waals surface area contributed by atoms with Gasteiger partial charge in [0, 0.05) is 19.3 Å². The van der Waals surface area contributed by atoms with Gasteiger partial charge in [-0.25, -0.2) is 0 Å². The molecule has 0 atom stereocenters. The third kappa shape index (κ3) is 3.87. The monoisotopic (exact) mass is 274 g/mol. The van der Waals surface area contributed by atoms with E-state index in [1.165, 1.54) is 25.2 Å². The van der Waals surface area contributed by atoms with Crippen molar-refractivity contribution in [2.24, 2.45) is 5.41 Å². The van der Waals surface area contributed by atoms with Crippen LogP contribution in [0.4, 0.5) is 18.9 Å². The molecule has 0 unspecified atom stereocenters. The number of hydrogen-bond donors (Lipinski definition) is 2. The molecule has 19 heavy (non-hydrogen) atoms. The third-order valence-corrected chi connectivity index (χ3v) is 2.79. The fourth-order valence-electron chi connectivity index (χ4n) is 1.62. The lowest BCUT2D eigenvalue weighted by molar-refractivity contribution is -0.137. The molecule has 0 aliphatic rings. The number of benzene rings is 1. The zero-order chi connectivity index (χ0) is 14.7. The van der Waals surface area contributed by atoms with Crippen LogP contribution in [-0.4, -0.2) is 19.5 Å². The van der Waals surface area contributed by atoms with Gasteiger partial charge in [-0.1, -0.05) is 12.1 Å². The second kappa shape index (κ2) is 5.50. The van der Waals surface area contributed by atoms with Gasteiger partial charge in [-0.15, -0.1) is 0 Å². The van der Waals surface area contributed by atoms with Crippen LogP contribution in [0, 0.1) is 5.41 Å². The minimum atomic E-state index is -4.42. The van der Waals surface area contributed by atoms with Crippen LogP contribution in [0.2, 0.25) is 0 Å². The number of hydrogen-bond acceptors (Lipinski definition) is 2. The van der Waals surface area contributed by atoms with Crippen LogP contribution in [-0.2, 0) is 11.0 Å². The fourth-order valence-corrected chi connectivity index (χ4v) is 1.62. The first-order valence-corrected chi connectivity index (χ1v) is 5.81. The number of para-hydroxylation sites is 1. The average Bonchev–Trinajstić information content (AvgIpc) is 2.34. The molecule has 0 aliphatic carbocycles. The Labute approximate surface area is 110 Å². The summed E-state index contributed by atoms with van der Waals surface area (Å²) < 4.78 is 38.3. The zero-order valence-electron chi connectivity index (χ0n) is 11.1. The Bertz CT molecular complexity index is 455. The molecule has 0 heterocycles. The molecule has 0 aliphatic heterocycles. The van der Waals surface area contributed by atoms with Crippen molar-refractivity contribution in [3.05, 3.63) is 29.8 Å².